The maximum atomic E-state index is 2.49. The van der Waals surface area contributed by atoms with Crippen molar-refractivity contribution >= 4 is 60.7 Å². The van der Waals surface area contributed by atoms with Gasteiger partial charge >= 0.3 is 0 Å². The summed E-state index contributed by atoms with van der Waals surface area (Å²) in [6.45, 7) is 0. The average molecular weight is 880 g/mol. The molecule has 0 unspecified atom stereocenters. The van der Waals surface area contributed by atoms with Crippen LogP contribution in [0.3, 0.4) is 0 Å². The number of fused-ring (bicyclic) bond motifs is 6. The van der Waals surface area contributed by atoms with Gasteiger partial charge in [0, 0.05) is 49.9 Å². The summed E-state index contributed by atoms with van der Waals surface area (Å²) >= 11 is 0. The average Bonchev–Trinajstić information content (AvgIpc) is 3.95. The first kappa shape index (κ1) is 40.1. The number of hydrogen-bond donors (Lipinski definition) is 0. The van der Waals surface area contributed by atoms with Crippen LogP contribution in [0, 0.1) is 0 Å². The van der Waals surface area contributed by atoms with E-state index in [4.69, 9.17) is 0 Å². The van der Waals surface area contributed by atoms with Gasteiger partial charge in [0.05, 0.1) is 27.8 Å². The molecule has 11 aromatic carbocycles. The number of hydrogen-bond acceptors (Lipinski definition) is 1. The van der Waals surface area contributed by atoms with Crippen molar-refractivity contribution in [1.82, 2.24) is 9.13 Å². The van der Waals surface area contributed by atoms with Gasteiger partial charge in [-0.15, -0.1) is 0 Å². The number of aromatic nitrogens is 2. The van der Waals surface area contributed by atoms with Crippen molar-refractivity contribution in [1.29, 1.82) is 0 Å². The summed E-state index contributed by atoms with van der Waals surface area (Å²) in [5, 5.41) is 4.89. The summed E-state index contributed by atoms with van der Waals surface area (Å²) in [5.41, 5.74) is 19.5. The van der Waals surface area contributed by atoms with Crippen molar-refractivity contribution in [2.24, 2.45) is 0 Å². The molecule has 0 fully saturated rings. The van der Waals surface area contributed by atoms with Gasteiger partial charge < -0.3 is 14.0 Å². The molecule has 0 spiro atoms. The number of para-hydroxylation sites is 4. The second kappa shape index (κ2) is 16.9. The van der Waals surface area contributed by atoms with Gasteiger partial charge in [-0.2, -0.15) is 0 Å². The summed E-state index contributed by atoms with van der Waals surface area (Å²) in [4.78, 5) is 2.49. The Hall–Kier alpha value is -9.18. The molecule has 0 saturated heterocycles. The standard InChI is InChI=1S/C66H45N3/c1-5-22-46(23-6-1)53-32-13-14-34-58(53)65-54(47-24-7-2-8-25-47)36-20-40-62(65)67(52-42-43-57-56-33-15-17-38-60(56)69(64(57)45-52)50-29-11-4-12-30-50)51-31-19-26-48(44-51)55-37-21-41-63-66(55)59-35-16-18-39-61(59)68(63)49-27-9-3-10-28-49/h1-45H. The molecule has 3 heteroatoms. The van der Waals surface area contributed by atoms with Crippen molar-refractivity contribution in [3.8, 4) is 55.9 Å². The molecule has 3 nitrogen and oxygen atoms in total. The molecule has 13 aromatic rings. The summed E-state index contributed by atoms with van der Waals surface area (Å²) in [7, 11) is 0. The minimum Gasteiger partial charge on any atom is -0.310 e. The molecule has 0 amide bonds. The van der Waals surface area contributed by atoms with E-state index < -0.39 is 0 Å². The fraction of sp³-hybridized carbons (Fsp3) is 0. The predicted molar refractivity (Wildman–Crippen MR) is 292 cm³/mol. The molecule has 324 valence electrons. The Morgan fingerprint density at radius 3 is 1.43 bits per heavy atom. The molecule has 0 bridgehead atoms. The Balaban J connectivity index is 1.11. The van der Waals surface area contributed by atoms with E-state index in [0.717, 1.165) is 61.8 Å². The van der Waals surface area contributed by atoms with E-state index in [2.05, 4.69) is 287 Å². The van der Waals surface area contributed by atoms with E-state index in [0.29, 0.717) is 0 Å². The van der Waals surface area contributed by atoms with E-state index >= 15 is 0 Å². The van der Waals surface area contributed by atoms with Gasteiger partial charge in [0.1, 0.15) is 0 Å². The Bertz CT molecular complexity index is 4000. The topological polar surface area (TPSA) is 13.1 Å². The Labute approximate surface area is 401 Å². The predicted octanol–water partition coefficient (Wildman–Crippen LogP) is 18.0. The minimum absolute atomic E-state index is 1.06. The summed E-state index contributed by atoms with van der Waals surface area (Å²) in [6, 6.07) is 99.3. The van der Waals surface area contributed by atoms with E-state index in [1.807, 2.05) is 0 Å². The third-order valence-corrected chi connectivity index (χ3v) is 13.7. The normalized spacial score (nSPS) is 11.5. The van der Waals surface area contributed by atoms with E-state index in [-0.39, 0.29) is 0 Å². The number of rotatable bonds is 9. The van der Waals surface area contributed by atoms with Crippen molar-refractivity contribution in [2.75, 3.05) is 4.90 Å². The van der Waals surface area contributed by atoms with Gasteiger partial charge in [-0.1, -0.05) is 200 Å². The Kier molecular flexibility index (Phi) is 9.84. The highest BCUT2D eigenvalue weighted by Gasteiger charge is 2.25. The van der Waals surface area contributed by atoms with Crippen LogP contribution in [0.4, 0.5) is 17.1 Å². The molecule has 0 radical (unpaired) electrons. The summed E-state index contributed by atoms with van der Waals surface area (Å²) in [5.74, 6) is 0. The number of nitrogens with zero attached hydrogens (tertiary/aromatic N) is 3. The zero-order valence-electron chi connectivity index (χ0n) is 37.8. The van der Waals surface area contributed by atoms with Crippen molar-refractivity contribution in [3.63, 3.8) is 0 Å². The third kappa shape index (κ3) is 6.82. The lowest BCUT2D eigenvalue weighted by Crippen LogP contribution is -2.12. The zero-order chi connectivity index (χ0) is 45.7. The van der Waals surface area contributed by atoms with Gasteiger partial charge in [0.2, 0.25) is 0 Å². The third-order valence-electron chi connectivity index (χ3n) is 13.7. The van der Waals surface area contributed by atoms with Crippen molar-refractivity contribution in [3.05, 3.63) is 273 Å². The van der Waals surface area contributed by atoms with Crippen LogP contribution in [0.25, 0.3) is 99.5 Å². The second-order valence-electron chi connectivity index (χ2n) is 17.6. The molecular weight excluding hydrogens is 835 g/mol. The van der Waals surface area contributed by atoms with Gasteiger partial charge in [-0.25, -0.2) is 0 Å². The van der Waals surface area contributed by atoms with Crippen LogP contribution < -0.4 is 4.90 Å². The van der Waals surface area contributed by atoms with Crippen LogP contribution >= 0.6 is 0 Å². The summed E-state index contributed by atoms with van der Waals surface area (Å²) in [6.07, 6.45) is 0. The highest BCUT2D eigenvalue weighted by Crippen LogP contribution is 2.50. The summed E-state index contributed by atoms with van der Waals surface area (Å²) < 4.78 is 4.81. The van der Waals surface area contributed by atoms with Crippen molar-refractivity contribution in [2.45, 2.75) is 0 Å². The SMILES string of the molecule is c1ccc(-c2ccccc2-c2c(-c3ccccc3)cccc2N(c2cccc(-c3cccc4c3c3ccccc3n4-c3ccccc3)c2)c2ccc3c4ccccc4n(-c4ccccc4)c3c2)cc1. The van der Waals surface area contributed by atoms with E-state index in [1.54, 1.807) is 0 Å². The minimum atomic E-state index is 1.06. The molecule has 2 heterocycles. The van der Waals surface area contributed by atoms with Crippen LogP contribution in [0.2, 0.25) is 0 Å². The highest BCUT2D eigenvalue weighted by atomic mass is 15.1. The lowest BCUT2D eigenvalue weighted by Gasteiger charge is -2.30. The molecular formula is C66H45N3. The number of anilines is 3. The molecule has 0 aliphatic rings. The largest absolute Gasteiger partial charge is 0.310 e. The van der Waals surface area contributed by atoms with Gasteiger partial charge in [0.25, 0.3) is 0 Å². The monoisotopic (exact) mass is 879 g/mol. The number of benzene rings is 11. The maximum Gasteiger partial charge on any atom is 0.0561 e. The van der Waals surface area contributed by atoms with E-state index in [9.17, 15) is 0 Å². The first-order valence-corrected chi connectivity index (χ1v) is 23.7. The van der Waals surface area contributed by atoms with Crippen LogP contribution in [0.1, 0.15) is 0 Å². The van der Waals surface area contributed by atoms with E-state index in [1.165, 1.54) is 54.8 Å². The quantitative estimate of drug-likeness (QED) is 0.141. The van der Waals surface area contributed by atoms with Crippen LogP contribution in [-0.4, -0.2) is 9.13 Å². The van der Waals surface area contributed by atoms with Gasteiger partial charge in [0.15, 0.2) is 0 Å². The maximum absolute atomic E-state index is 2.49. The fourth-order valence-electron chi connectivity index (χ4n) is 10.7. The highest BCUT2D eigenvalue weighted by molar-refractivity contribution is 6.16. The Morgan fingerprint density at radius 2 is 0.725 bits per heavy atom. The van der Waals surface area contributed by atoms with Crippen LogP contribution in [0.5, 0.6) is 0 Å². The smallest absolute Gasteiger partial charge is 0.0561 e. The lowest BCUT2D eigenvalue weighted by atomic mass is 9.87. The Morgan fingerprint density at radius 1 is 0.261 bits per heavy atom. The van der Waals surface area contributed by atoms with Crippen LogP contribution in [0.15, 0.2) is 273 Å². The van der Waals surface area contributed by atoms with Gasteiger partial charge in [-0.05, 0) is 112 Å². The first-order valence-electron chi connectivity index (χ1n) is 23.7. The lowest BCUT2D eigenvalue weighted by molar-refractivity contribution is 1.18. The van der Waals surface area contributed by atoms with Crippen molar-refractivity contribution < 1.29 is 0 Å². The molecule has 2 aromatic heterocycles. The first-order chi connectivity index (χ1) is 34.3. The van der Waals surface area contributed by atoms with Gasteiger partial charge in [-0.3, -0.25) is 0 Å². The molecule has 0 aliphatic heterocycles. The second-order valence-corrected chi connectivity index (χ2v) is 17.6. The molecule has 69 heavy (non-hydrogen) atoms. The molecule has 0 saturated carbocycles. The van der Waals surface area contributed by atoms with Crippen LogP contribution in [-0.2, 0) is 0 Å². The molecule has 0 aliphatic carbocycles. The molecule has 0 atom stereocenters. The zero-order valence-corrected chi connectivity index (χ0v) is 37.8. The molecule has 13 rings (SSSR count). The fourth-order valence-corrected chi connectivity index (χ4v) is 10.7. The molecule has 0 N–H and O–H groups in total.